The molecule has 0 fully saturated rings. The summed E-state index contributed by atoms with van der Waals surface area (Å²) in [7, 11) is 1.84. The van der Waals surface area contributed by atoms with E-state index in [1.54, 1.807) is 16.9 Å². The van der Waals surface area contributed by atoms with Gasteiger partial charge < -0.3 is 16.0 Å². The van der Waals surface area contributed by atoms with Gasteiger partial charge >= 0.3 is 0 Å². The molecule has 0 spiro atoms. The summed E-state index contributed by atoms with van der Waals surface area (Å²) in [6.45, 7) is 4.50. The maximum Gasteiger partial charge on any atom is 0.191 e. The van der Waals surface area contributed by atoms with E-state index >= 15 is 0 Å². The van der Waals surface area contributed by atoms with E-state index in [1.807, 2.05) is 14.0 Å². The van der Waals surface area contributed by atoms with Crippen molar-refractivity contribution in [1.82, 2.24) is 30.4 Å². The van der Waals surface area contributed by atoms with Gasteiger partial charge in [0.2, 0.25) is 0 Å². The fourth-order valence-electron chi connectivity index (χ4n) is 1.86. The predicted molar refractivity (Wildman–Crippen MR) is 96.6 cm³/mol. The summed E-state index contributed by atoms with van der Waals surface area (Å²) in [5, 5.41) is 14.6. The summed E-state index contributed by atoms with van der Waals surface area (Å²) in [6.07, 6.45) is 3.06. The van der Waals surface area contributed by atoms with Gasteiger partial charge in [0.15, 0.2) is 5.96 Å². The fourth-order valence-corrected chi connectivity index (χ4v) is 2.31. The lowest BCUT2D eigenvalue weighted by molar-refractivity contribution is 0.698. The number of aliphatic imine (C=N–C) groups is 1. The molecule has 0 atom stereocenters. The Morgan fingerprint density at radius 3 is 2.75 bits per heavy atom. The van der Waals surface area contributed by atoms with E-state index < -0.39 is 0 Å². The Labute approximate surface area is 150 Å². The van der Waals surface area contributed by atoms with Crippen molar-refractivity contribution in [2.45, 2.75) is 13.5 Å². The van der Waals surface area contributed by atoms with Crippen LogP contribution in [0.25, 0.3) is 0 Å². The molecule has 0 unspecified atom stereocenters. The number of guanidine groups is 1. The van der Waals surface area contributed by atoms with Crippen LogP contribution in [0.5, 0.6) is 0 Å². The van der Waals surface area contributed by atoms with Gasteiger partial charge in [-0.05, 0) is 13.0 Å². The number of hydrogen-bond acceptors (Lipinski definition) is 5. The number of pyridine rings is 1. The Balaban J connectivity index is 1.81. The third-order valence-electron chi connectivity index (χ3n) is 3.05. The van der Waals surface area contributed by atoms with E-state index in [-0.39, 0.29) is 0 Å². The molecule has 0 aliphatic rings. The van der Waals surface area contributed by atoms with E-state index in [0.29, 0.717) is 41.5 Å². The Kier molecular flexibility index (Phi) is 7.07. The van der Waals surface area contributed by atoms with Crippen molar-refractivity contribution in [2.24, 2.45) is 12.0 Å². The molecule has 0 bridgehead atoms. The van der Waals surface area contributed by atoms with Gasteiger partial charge in [0.25, 0.3) is 0 Å². The van der Waals surface area contributed by atoms with E-state index in [0.717, 1.165) is 12.4 Å². The maximum atomic E-state index is 6.06. The molecule has 2 rings (SSSR count). The molecular formula is C14H20Cl2N8. The summed E-state index contributed by atoms with van der Waals surface area (Å²) in [5.74, 6) is 2.10. The van der Waals surface area contributed by atoms with Crippen molar-refractivity contribution in [2.75, 3.05) is 25.0 Å². The number of nitrogens with one attached hydrogen (secondary N) is 3. The highest BCUT2D eigenvalue weighted by Crippen LogP contribution is 2.21. The highest BCUT2D eigenvalue weighted by Gasteiger charge is 2.03. The molecule has 10 heteroatoms. The zero-order chi connectivity index (χ0) is 17.4. The highest BCUT2D eigenvalue weighted by molar-refractivity contribution is 6.35. The van der Waals surface area contributed by atoms with E-state index in [2.05, 4.69) is 36.0 Å². The minimum atomic E-state index is 0.448. The minimum Gasteiger partial charge on any atom is -0.367 e. The quantitative estimate of drug-likeness (QED) is 0.390. The summed E-state index contributed by atoms with van der Waals surface area (Å²) < 4.78 is 1.70. The Hall–Kier alpha value is -2.06. The van der Waals surface area contributed by atoms with Crippen molar-refractivity contribution in [3.63, 3.8) is 0 Å². The lowest BCUT2D eigenvalue weighted by atomic mass is 10.4. The molecule has 0 amide bonds. The molecule has 2 aromatic heterocycles. The van der Waals surface area contributed by atoms with Gasteiger partial charge in [-0.25, -0.2) is 15.0 Å². The van der Waals surface area contributed by atoms with Crippen LogP contribution in [0, 0.1) is 0 Å². The summed E-state index contributed by atoms with van der Waals surface area (Å²) >= 11 is 11.9. The molecule has 2 heterocycles. The predicted octanol–water partition coefficient (Wildman–Crippen LogP) is 1.68. The molecule has 0 radical (unpaired) electrons. The van der Waals surface area contributed by atoms with Crippen LogP contribution in [0.3, 0.4) is 0 Å². The first-order valence-electron chi connectivity index (χ1n) is 7.50. The Morgan fingerprint density at radius 2 is 2.08 bits per heavy atom. The number of nitrogens with zero attached hydrogens (tertiary/aromatic N) is 5. The standard InChI is InChI=1S/C14H20Cl2N8/c1-3-17-14(21-8-12-22-9-23-24(12)2)19-5-4-18-13-11(16)6-10(15)7-20-13/h6-7,9H,3-5,8H2,1-2H3,(H,18,20)(H2,17,19,21). The second-order valence-electron chi connectivity index (χ2n) is 4.83. The van der Waals surface area contributed by atoms with Crippen LogP contribution in [0.2, 0.25) is 10.0 Å². The van der Waals surface area contributed by atoms with Crippen LogP contribution in [0.15, 0.2) is 23.6 Å². The second-order valence-corrected chi connectivity index (χ2v) is 5.68. The molecule has 8 nitrogen and oxygen atoms in total. The Bertz CT molecular complexity index is 685. The van der Waals surface area contributed by atoms with Gasteiger partial charge in [0.1, 0.15) is 24.5 Å². The van der Waals surface area contributed by atoms with Crippen LogP contribution in [-0.4, -0.2) is 45.3 Å². The zero-order valence-electron chi connectivity index (χ0n) is 13.6. The summed E-state index contributed by atoms with van der Waals surface area (Å²) in [6, 6.07) is 1.65. The van der Waals surface area contributed by atoms with Crippen molar-refractivity contribution in [3.8, 4) is 0 Å². The van der Waals surface area contributed by atoms with E-state index in [9.17, 15) is 0 Å². The molecule has 0 aromatic carbocycles. The molecular weight excluding hydrogens is 351 g/mol. The number of aryl methyl sites for hydroxylation is 1. The molecule has 130 valence electrons. The normalized spacial score (nSPS) is 11.4. The van der Waals surface area contributed by atoms with Crippen LogP contribution >= 0.6 is 23.2 Å². The van der Waals surface area contributed by atoms with E-state index in [4.69, 9.17) is 23.2 Å². The number of anilines is 1. The van der Waals surface area contributed by atoms with Gasteiger partial charge in [-0.3, -0.25) is 4.68 Å². The van der Waals surface area contributed by atoms with Gasteiger partial charge in [-0.1, -0.05) is 23.2 Å². The van der Waals surface area contributed by atoms with Crippen molar-refractivity contribution in [1.29, 1.82) is 0 Å². The van der Waals surface area contributed by atoms with Crippen molar-refractivity contribution >= 4 is 35.0 Å². The lowest BCUT2D eigenvalue weighted by Gasteiger charge is -2.12. The molecule has 0 saturated heterocycles. The molecule has 3 N–H and O–H groups in total. The summed E-state index contributed by atoms with van der Waals surface area (Å²) in [4.78, 5) is 12.8. The van der Waals surface area contributed by atoms with Gasteiger partial charge in [-0.2, -0.15) is 5.10 Å². The monoisotopic (exact) mass is 370 g/mol. The zero-order valence-corrected chi connectivity index (χ0v) is 15.1. The van der Waals surface area contributed by atoms with Crippen LogP contribution in [0.1, 0.15) is 12.7 Å². The van der Waals surface area contributed by atoms with Crippen LogP contribution < -0.4 is 16.0 Å². The first-order chi connectivity index (χ1) is 11.6. The lowest BCUT2D eigenvalue weighted by Crippen LogP contribution is -2.39. The van der Waals surface area contributed by atoms with Crippen molar-refractivity contribution < 1.29 is 0 Å². The van der Waals surface area contributed by atoms with Crippen LogP contribution in [0.4, 0.5) is 5.82 Å². The van der Waals surface area contributed by atoms with E-state index in [1.165, 1.54) is 6.33 Å². The number of halogens is 2. The molecule has 0 saturated carbocycles. The third-order valence-corrected chi connectivity index (χ3v) is 3.54. The highest BCUT2D eigenvalue weighted by atomic mass is 35.5. The van der Waals surface area contributed by atoms with Gasteiger partial charge in [-0.15, -0.1) is 0 Å². The smallest absolute Gasteiger partial charge is 0.191 e. The fraction of sp³-hybridized carbons (Fsp3) is 0.429. The first-order valence-corrected chi connectivity index (χ1v) is 8.25. The van der Waals surface area contributed by atoms with Crippen LogP contribution in [-0.2, 0) is 13.6 Å². The average Bonchev–Trinajstić information content (AvgIpc) is 2.96. The first kappa shape index (κ1) is 18.3. The molecule has 24 heavy (non-hydrogen) atoms. The number of hydrogen-bond donors (Lipinski definition) is 3. The number of rotatable bonds is 7. The van der Waals surface area contributed by atoms with Gasteiger partial charge in [0, 0.05) is 32.9 Å². The maximum absolute atomic E-state index is 6.06. The molecule has 2 aromatic rings. The average molecular weight is 371 g/mol. The number of aromatic nitrogens is 4. The third kappa shape index (κ3) is 5.54. The van der Waals surface area contributed by atoms with Crippen molar-refractivity contribution in [3.05, 3.63) is 34.5 Å². The van der Waals surface area contributed by atoms with Gasteiger partial charge in [0.05, 0.1) is 10.0 Å². The Morgan fingerprint density at radius 1 is 1.25 bits per heavy atom. The molecule has 0 aliphatic heterocycles. The topological polar surface area (TPSA) is 92.0 Å². The SMILES string of the molecule is CCNC(=NCc1ncnn1C)NCCNc1ncc(Cl)cc1Cl. The summed E-state index contributed by atoms with van der Waals surface area (Å²) in [5.41, 5.74) is 0. The molecule has 0 aliphatic carbocycles. The minimum absolute atomic E-state index is 0.448. The second kappa shape index (κ2) is 9.29. The largest absolute Gasteiger partial charge is 0.367 e.